The summed E-state index contributed by atoms with van der Waals surface area (Å²) in [6.07, 6.45) is -4.37. The highest BCUT2D eigenvalue weighted by molar-refractivity contribution is 14.1. The average Bonchev–Trinajstić information content (AvgIpc) is 2.16. The van der Waals surface area contributed by atoms with Crippen LogP contribution in [0.3, 0.4) is 0 Å². The van der Waals surface area contributed by atoms with Crippen LogP contribution in [0.25, 0.3) is 0 Å². The van der Waals surface area contributed by atoms with Crippen LogP contribution in [0.4, 0.5) is 13.2 Å². The second-order valence-corrected chi connectivity index (χ2v) is 3.83. The minimum atomic E-state index is -4.81. The van der Waals surface area contributed by atoms with Gasteiger partial charge in [-0.2, -0.15) is 0 Å². The maximum Gasteiger partial charge on any atom is 0.573 e. The van der Waals surface area contributed by atoms with Crippen LogP contribution in [0.5, 0.6) is 5.75 Å². The van der Waals surface area contributed by atoms with E-state index in [1.54, 1.807) is 22.6 Å². The van der Waals surface area contributed by atoms with Crippen molar-refractivity contribution in [3.8, 4) is 5.75 Å². The lowest BCUT2D eigenvalue weighted by atomic mass is 10.3. The van der Waals surface area contributed by atoms with Crippen LogP contribution in [0.2, 0.25) is 0 Å². The maximum atomic E-state index is 12.0. The molecule has 1 heterocycles. The van der Waals surface area contributed by atoms with Crippen molar-refractivity contribution in [3.63, 3.8) is 0 Å². The topological polar surface area (TPSA) is 65.2 Å². The molecular weight excluding hydrogens is 340 g/mol. The summed E-state index contributed by atoms with van der Waals surface area (Å²) in [6.45, 7) is -0.247. The number of alkyl halides is 3. The number of aromatic nitrogens is 1. The van der Waals surface area contributed by atoms with Crippen LogP contribution in [0.1, 0.15) is 16.2 Å². The predicted octanol–water partition coefficient (Wildman–Crippen LogP) is 1.86. The molecule has 1 aromatic heterocycles. The highest BCUT2D eigenvalue weighted by Gasteiger charge is 2.32. The molecule has 0 saturated heterocycles. The Morgan fingerprint density at radius 2 is 2.19 bits per heavy atom. The lowest BCUT2D eigenvalue weighted by molar-refractivity contribution is -0.275. The Kier molecular flexibility index (Phi) is 4.08. The number of nitrogens with zero attached hydrogens (tertiary/aromatic N) is 1. The number of carbonyl (C=O) groups is 1. The number of carbonyl (C=O) groups excluding carboxylic acids is 1. The number of hydrogen-bond donors (Lipinski definition) is 1. The van der Waals surface area contributed by atoms with Crippen molar-refractivity contribution >= 4 is 28.9 Å². The summed E-state index contributed by atoms with van der Waals surface area (Å²) in [5.74, 6) is -0.481. The van der Waals surface area contributed by atoms with Gasteiger partial charge in [0.25, 0.3) is 0 Å². The van der Waals surface area contributed by atoms with E-state index in [1.165, 1.54) is 0 Å². The highest BCUT2D eigenvalue weighted by atomic mass is 127. The van der Waals surface area contributed by atoms with E-state index in [9.17, 15) is 18.0 Å². The standard InChI is InChI=1S/C8H6F3IN2O2/c9-8(10,11)16-7-1-4(12)6(3-15)14-5(7)2-13/h1,3H,2,13H2. The second kappa shape index (κ2) is 4.95. The molecule has 1 rings (SSSR count). The van der Waals surface area contributed by atoms with Crippen molar-refractivity contribution < 1.29 is 22.7 Å². The molecule has 0 radical (unpaired) electrons. The minimum absolute atomic E-state index is 0.0376. The number of rotatable bonds is 3. The van der Waals surface area contributed by atoms with E-state index in [0.29, 0.717) is 6.29 Å². The number of ether oxygens (including phenoxy) is 1. The van der Waals surface area contributed by atoms with Gasteiger partial charge in [-0.1, -0.05) is 0 Å². The molecular formula is C8H6F3IN2O2. The second-order valence-electron chi connectivity index (χ2n) is 2.67. The lowest BCUT2D eigenvalue weighted by Crippen LogP contribution is -2.20. The number of aldehydes is 1. The molecule has 0 atom stereocenters. The number of pyridine rings is 1. The first-order chi connectivity index (χ1) is 7.37. The summed E-state index contributed by atoms with van der Waals surface area (Å²) in [6, 6.07) is 1.08. The molecule has 0 aromatic carbocycles. The van der Waals surface area contributed by atoms with Gasteiger partial charge in [-0.25, -0.2) is 4.98 Å². The van der Waals surface area contributed by atoms with Crippen LogP contribution >= 0.6 is 22.6 Å². The fourth-order valence-electron chi connectivity index (χ4n) is 0.968. The minimum Gasteiger partial charge on any atom is -0.404 e. The van der Waals surface area contributed by atoms with Gasteiger partial charge in [0.1, 0.15) is 5.69 Å². The zero-order valence-corrected chi connectivity index (χ0v) is 9.87. The quantitative estimate of drug-likeness (QED) is 0.670. The Balaban J connectivity index is 3.18. The molecule has 2 N–H and O–H groups in total. The Morgan fingerprint density at radius 3 is 2.62 bits per heavy atom. The molecule has 1 aromatic rings. The van der Waals surface area contributed by atoms with Crippen molar-refractivity contribution in [2.75, 3.05) is 0 Å². The van der Waals surface area contributed by atoms with Crippen LogP contribution in [0, 0.1) is 3.57 Å². The molecule has 0 unspecified atom stereocenters. The summed E-state index contributed by atoms with van der Waals surface area (Å²) >= 11 is 1.69. The number of hydrogen-bond acceptors (Lipinski definition) is 4. The van der Waals surface area contributed by atoms with Crippen molar-refractivity contribution in [3.05, 3.63) is 21.0 Å². The van der Waals surface area contributed by atoms with Crippen molar-refractivity contribution in [1.29, 1.82) is 0 Å². The van der Waals surface area contributed by atoms with E-state index in [1.807, 2.05) is 0 Å². The van der Waals surface area contributed by atoms with Gasteiger partial charge in [0.15, 0.2) is 12.0 Å². The molecule has 0 fully saturated rings. The van der Waals surface area contributed by atoms with E-state index < -0.39 is 12.1 Å². The number of halogens is 4. The zero-order valence-electron chi connectivity index (χ0n) is 7.71. The normalized spacial score (nSPS) is 11.3. The van der Waals surface area contributed by atoms with Gasteiger partial charge in [-0.05, 0) is 28.7 Å². The molecule has 88 valence electrons. The Hall–Kier alpha value is -0.900. The summed E-state index contributed by atoms with van der Waals surface area (Å²) in [7, 11) is 0. The fraction of sp³-hybridized carbons (Fsp3) is 0.250. The van der Waals surface area contributed by atoms with E-state index >= 15 is 0 Å². The predicted molar refractivity (Wildman–Crippen MR) is 56.9 cm³/mol. The lowest BCUT2D eigenvalue weighted by Gasteiger charge is -2.12. The molecule has 0 aliphatic rings. The fourth-order valence-corrected chi connectivity index (χ4v) is 1.50. The molecule has 4 nitrogen and oxygen atoms in total. The molecule has 0 saturated carbocycles. The first-order valence-electron chi connectivity index (χ1n) is 3.97. The van der Waals surface area contributed by atoms with Crippen LogP contribution in [0.15, 0.2) is 6.07 Å². The summed E-state index contributed by atoms with van der Waals surface area (Å²) in [5, 5.41) is 0. The van der Waals surface area contributed by atoms with E-state index in [0.717, 1.165) is 6.07 Å². The third-order valence-electron chi connectivity index (χ3n) is 1.57. The van der Waals surface area contributed by atoms with Crippen LogP contribution in [-0.4, -0.2) is 17.6 Å². The average molecular weight is 346 g/mol. The number of nitrogens with two attached hydrogens (primary N) is 1. The first-order valence-corrected chi connectivity index (χ1v) is 5.05. The Bertz CT molecular complexity index is 409. The van der Waals surface area contributed by atoms with Crippen LogP contribution < -0.4 is 10.5 Å². The Morgan fingerprint density at radius 1 is 1.56 bits per heavy atom. The van der Waals surface area contributed by atoms with Gasteiger partial charge in [-0.15, -0.1) is 13.2 Å². The highest BCUT2D eigenvalue weighted by Crippen LogP contribution is 2.27. The zero-order chi connectivity index (χ0) is 12.3. The monoisotopic (exact) mass is 346 g/mol. The SMILES string of the molecule is NCc1nc(C=O)c(I)cc1OC(F)(F)F. The van der Waals surface area contributed by atoms with Gasteiger partial charge in [-0.3, -0.25) is 4.79 Å². The van der Waals surface area contributed by atoms with E-state index in [-0.39, 0.29) is 21.5 Å². The molecule has 0 amide bonds. The van der Waals surface area contributed by atoms with Gasteiger partial charge in [0.2, 0.25) is 0 Å². The van der Waals surface area contributed by atoms with Gasteiger partial charge < -0.3 is 10.5 Å². The largest absolute Gasteiger partial charge is 0.573 e. The maximum absolute atomic E-state index is 12.0. The molecule has 0 aliphatic heterocycles. The van der Waals surface area contributed by atoms with Gasteiger partial charge >= 0.3 is 6.36 Å². The smallest absolute Gasteiger partial charge is 0.404 e. The van der Waals surface area contributed by atoms with Gasteiger partial charge in [0, 0.05) is 10.1 Å². The van der Waals surface area contributed by atoms with E-state index in [2.05, 4.69) is 9.72 Å². The molecule has 0 spiro atoms. The van der Waals surface area contributed by atoms with E-state index in [4.69, 9.17) is 5.73 Å². The van der Waals surface area contributed by atoms with Gasteiger partial charge in [0.05, 0.1) is 5.69 Å². The van der Waals surface area contributed by atoms with Crippen molar-refractivity contribution in [2.45, 2.75) is 12.9 Å². The summed E-state index contributed by atoms with van der Waals surface area (Å²) in [5.41, 5.74) is 5.14. The summed E-state index contributed by atoms with van der Waals surface area (Å²) in [4.78, 5) is 14.2. The van der Waals surface area contributed by atoms with Crippen molar-refractivity contribution in [1.82, 2.24) is 4.98 Å². The third kappa shape index (κ3) is 3.30. The summed E-state index contributed by atoms with van der Waals surface area (Å²) < 4.78 is 40.0. The molecule has 0 aliphatic carbocycles. The third-order valence-corrected chi connectivity index (χ3v) is 2.44. The van der Waals surface area contributed by atoms with Crippen molar-refractivity contribution in [2.24, 2.45) is 5.73 Å². The van der Waals surface area contributed by atoms with Crippen LogP contribution in [-0.2, 0) is 6.54 Å². The molecule has 16 heavy (non-hydrogen) atoms. The molecule has 0 bridgehead atoms. The first kappa shape index (κ1) is 13.2. The molecule has 8 heteroatoms. The Labute approximate surface area is 102 Å².